The lowest BCUT2D eigenvalue weighted by Crippen LogP contribution is -2.46. The van der Waals surface area contributed by atoms with Crippen molar-refractivity contribution >= 4 is 10.0 Å². The van der Waals surface area contributed by atoms with Gasteiger partial charge in [-0.05, 0) is 48.9 Å². The first-order valence-electron chi connectivity index (χ1n) is 11.8. The minimum atomic E-state index is -3.52. The average Bonchev–Trinajstić information content (AvgIpc) is 2.90. The Bertz CT molecular complexity index is 1470. The fourth-order valence-corrected chi connectivity index (χ4v) is 5.64. The highest BCUT2D eigenvalue weighted by molar-refractivity contribution is 7.89. The van der Waals surface area contributed by atoms with Gasteiger partial charge < -0.3 is 5.32 Å². The monoisotopic (exact) mass is 501 g/mol. The van der Waals surface area contributed by atoms with E-state index in [1.807, 2.05) is 43.3 Å². The summed E-state index contributed by atoms with van der Waals surface area (Å²) in [6.07, 6.45) is 4.41. The van der Waals surface area contributed by atoms with Gasteiger partial charge in [0.1, 0.15) is 11.5 Å². The maximum atomic E-state index is 13.0. The van der Waals surface area contributed by atoms with Gasteiger partial charge in [0.15, 0.2) is 5.82 Å². The third-order valence-electron chi connectivity index (χ3n) is 5.93. The van der Waals surface area contributed by atoms with E-state index in [1.54, 1.807) is 30.6 Å². The second-order valence-electron chi connectivity index (χ2n) is 8.66. The molecule has 4 heterocycles. The molecule has 0 bridgehead atoms. The number of benzene rings is 1. The average molecular weight is 502 g/mol. The van der Waals surface area contributed by atoms with E-state index >= 15 is 0 Å². The van der Waals surface area contributed by atoms with Crippen LogP contribution in [0.1, 0.15) is 28.5 Å². The van der Waals surface area contributed by atoms with Crippen LogP contribution in [0.3, 0.4) is 0 Å². The first-order chi connectivity index (χ1) is 17.5. The van der Waals surface area contributed by atoms with Crippen LogP contribution in [0.25, 0.3) is 11.5 Å². The molecule has 9 nitrogen and oxygen atoms in total. The molecular weight excluding hydrogens is 474 g/mol. The lowest BCUT2D eigenvalue weighted by molar-refractivity contribution is 0.360. The van der Waals surface area contributed by atoms with Gasteiger partial charge in [-0.15, -0.1) is 0 Å². The van der Waals surface area contributed by atoms with Gasteiger partial charge in [-0.3, -0.25) is 0 Å². The summed E-state index contributed by atoms with van der Waals surface area (Å²) in [6, 6.07) is 16.5. The van der Waals surface area contributed by atoms with Crippen LogP contribution in [-0.4, -0.2) is 63.8 Å². The van der Waals surface area contributed by atoms with Crippen molar-refractivity contribution in [2.45, 2.75) is 24.7 Å². The van der Waals surface area contributed by atoms with Crippen LogP contribution < -0.4 is 5.32 Å². The van der Waals surface area contributed by atoms with Gasteiger partial charge in [-0.1, -0.05) is 18.2 Å². The first-order valence-corrected chi connectivity index (χ1v) is 13.3. The van der Waals surface area contributed by atoms with Gasteiger partial charge in [0, 0.05) is 57.1 Å². The maximum absolute atomic E-state index is 13.0. The van der Waals surface area contributed by atoms with Gasteiger partial charge in [0.25, 0.3) is 0 Å². The second kappa shape index (κ2) is 10.6. The van der Waals surface area contributed by atoms with E-state index in [0.29, 0.717) is 55.6 Å². The quantitative estimate of drug-likeness (QED) is 0.411. The maximum Gasteiger partial charge on any atom is 0.243 e. The van der Waals surface area contributed by atoms with Crippen molar-refractivity contribution in [2.24, 2.45) is 0 Å². The van der Waals surface area contributed by atoms with Crippen LogP contribution in [0.5, 0.6) is 0 Å². The van der Waals surface area contributed by atoms with Crippen LogP contribution >= 0.6 is 0 Å². The first kappa shape index (κ1) is 24.1. The Balaban J connectivity index is 1.32. The molecule has 1 N–H and O–H groups in total. The summed E-state index contributed by atoms with van der Waals surface area (Å²) in [5.74, 6) is 1.20. The number of nitrogens with one attached hydrogen (secondary N) is 1. The number of aryl methyl sites for hydroxylation is 1. The Labute approximate surface area is 210 Å². The van der Waals surface area contributed by atoms with Crippen molar-refractivity contribution in [3.8, 4) is 11.5 Å². The molecule has 184 valence electrons. The van der Waals surface area contributed by atoms with Crippen LogP contribution in [0.4, 0.5) is 0 Å². The van der Waals surface area contributed by atoms with Gasteiger partial charge in [0.2, 0.25) is 10.0 Å². The van der Waals surface area contributed by atoms with Crippen molar-refractivity contribution in [3.63, 3.8) is 0 Å². The molecule has 0 saturated carbocycles. The SMILES string of the molecule is Cc1cccc(-c2nccc(Cc3ccnc(Cc4cccc(S(=O)(=O)N5CCNCC5)c4)n3)n2)n1. The lowest BCUT2D eigenvalue weighted by atomic mass is 10.1. The van der Waals surface area contributed by atoms with E-state index in [9.17, 15) is 8.42 Å². The molecular formula is C26H27N7O2S. The molecule has 3 aromatic heterocycles. The summed E-state index contributed by atoms with van der Waals surface area (Å²) in [7, 11) is -3.52. The minimum Gasteiger partial charge on any atom is -0.314 e. The Morgan fingerprint density at radius 3 is 2.42 bits per heavy atom. The van der Waals surface area contributed by atoms with Crippen molar-refractivity contribution in [1.29, 1.82) is 0 Å². The Morgan fingerprint density at radius 1 is 0.861 bits per heavy atom. The molecule has 1 fully saturated rings. The highest BCUT2D eigenvalue weighted by Gasteiger charge is 2.25. The second-order valence-corrected chi connectivity index (χ2v) is 10.6. The molecule has 1 aliphatic heterocycles. The highest BCUT2D eigenvalue weighted by Crippen LogP contribution is 2.19. The van der Waals surface area contributed by atoms with Crippen molar-refractivity contribution < 1.29 is 8.42 Å². The molecule has 0 unspecified atom stereocenters. The number of pyridine rings is 1. The molecule has 1 aromatic carbocycles. The standard InChI is InChI=1S/C26H27N7O2S/c1-19-4-2-7-24(30-19)26-29-11-9-22(32-26)18-21-8-10-28-25(31-21)17-20-5-3-6-23(16-20)36(34,35)33-14-12-27-13-15-33/h2-11,16,27H,12-15,17-18H2,1H3. The van der Waals surface area contributed by atoms with E-state index in [4.69, 9.17) is 4.98 Å². The number of aromatic nitrogens is 5. The Hall–Kier alpha value is -3.60. The molecule has 10 heteroatoms. The fourth-order valence-electron chi connectivity index (χ4n) is 4.13. The number of rotatable bonds is 7. The van der Waals surface area contributed by atoms with E-state index < -0.39 is 10.0 Å². The van der Waals surface area contributed by atoms with E-state index in [-0.39, 0.29) is 0 Å². The van der Waals surface area contributed by atoms with Gasteiger partial charge in [0.05, 0.1) is 16.3 Å². The van der Waals surface area contributed by atoms with E-state index in [1.165, 1.54) is 4.31 Å². The van der Waals surface area contributed by atoms with Crippen LogP contribution in [-0.2, 0) is 22.9 Å². The minimum absolute atomic E-state index is 0.302. The van der Waals surface area contributed by atoms with Crippen LogP contribution in [0.15, 0.2) is 71.9 Å². The number of hydrogen-bond acceptors (Lipinski definition) is 8. The predicted octanol–water partition coefficient (Wildman–Crippen LogP) is 2.41. The topological polar surface area (TPSA) is 114 Å². The predicted molar refractivity (Wildman–Crippen MR) is 136 cm³/mol. The largest absolute Gasteiger partial charge is 0.314 e. The zero-order valence-corrected chi connectivity index (χ0v) is 20.8. The molecule has 0 radical (unpaired) electrons. The fraction of sp³-hybridized carbons (Fsp3) is 0.269. The molecule has 36 heavy (non-hydrogen) atoms. The summed E-state index contributed by atoms with van der Waals surface area (Å²) in [6.45, 7) is 4.21. The van der Waals surface area contributed by atoms with E-state index in [2.05, 4.69) is 25.3 Å². The molecule has 0 amide bonds. The normalized spacial score (nSPS) is 14.6. The molecule has 1 saturated heterocycles. The Kier molecular flexibility index (Phi) is 7.08. The molecule has 4 aromatic rings. The molecule has 0 aliphatic carbocycles. The van der Waals surface area contributed by atoms with Crippen molar-refractivity contribution in [2.75, 3.05) is 26.2 Å². The van der Waals surface area contributed by atoms with Crippen LogP contribution in [0, 0.1) is 6.92 Å². The third kappa shape index (κ3) is 5.62. The Morgan fingerprint density at radius 2 is 1.61 bits per heavy atom. The molecule has 0 atom stereocenters. The van der Waals surface area contributed by atoms with E-state index in [0.717, 1.165) is 28.3 Å². The summed E-state index contributed by atoms with van der Waals surface area (Å²) in [5, 5.41) is 3.18. The zero-order valence-electron chi connectivity index (χ0n) is 20.0. The number of sulfonamides is 1. The summed E-state index contributed by atoms with van der Waals surface area (Å²) in [5.41, 5.74) is 4.14. The summed E-state index contributed by atoms with van der Waals surface area (Å²) >= 11 is 0. The van der Waals surface area contributed by atoms with Crippen LogP contribution in [0.2, 0.25) is 0 Å². The number of hydrogen-bond donors (Lipinski definition) is 1. The number of piperazine rings is 1. The third-order valence-corrected chi connectivity index (χ3v) is 7.83. The summed E-state index contributed by atoms with van der Waals surface area (Å²) in [4.78, 5) is 23.0. The number of nitrogens with zero attached hydrogens (tertiary/aromatic N) is 6. The van der Waals surface area contributed by atoms with Gasteiger partial charge >= 0.3 is 0 Å². The zero-order chi connectivity index (χ0) is 25.0. The molecule has 1 aliphatic rings. The molecule has 0 spiro atoms. The van der Waals surface area contributed by atoms with Gasteiger partial charge in [-0.25, -0.2) is 33.3 Å². The summed E-state index contributed by atoms with van der Waals surface area (Å²) < 4.78 is 27.6. The highest BCUT2D eigenvalue weighted by atomic mass is 32.2. The molecule has 5 rings (SSSR count). The smallest absolute Gasteiger partial charge is 0.243 e. The van der Waals surface area contributed by atoms with Crippen molar-refractivity contribution in [1.82, 2.24) is 34.5 Å². The van der Waals surface area contributed by atoms with Gasteiger partial charge in [-0.2, -0.15) is 4.31 Å². The lowest BCUT2D eigenvalue weighted by Gasteiger charge is -2.26. The van der Waals surface area contributed by atoms with Crippen molar-refractivity contribution in [3.05, 3.63) is 95.5 Å².